The maximum absolute atomic E-state index is 13.1. The molecule has 1 aromatic carbocycles. The van der Waals surface area contributed by atoms with E-state index in [2.05, 4.69) is 15.3 Å². The summed E-state index contributed by atoms with van der Waals surface area (Å²) in [6.07, 6.45) is 3.53. The van der Waals surface area contributed by atoms with Crippen LogP contribution in [0.15, 0.2) is 59.7 Å². The van der Waals surface area contributed by atoms with Crippen LogP contribution < -0.4 is 5.43 Å². The van der Waals surface area contributed by atoms with Crippen molar-refractivity contribution in [2.24, 2.45) is 0 Å². The van der Waals surface area contributed by atoms with E-state index in [-0.39, 0.29) is 22.9 Å². The quantitative estimate of drug-likeness (QED) is 0.513. The minimum Gasteiger partial charge on any atom is -0.334 e. The summed E-state index contributed by atoms with van der Waals surface area (Å²) >= 11 is 0. The standard InChI is InChI=1S/C23H22N6O2/c1-3-27-13-19(21(30)18-10-9-15(2)24-22(18)27)23(31)28-11-17(12-28)29-14-20(25-26-29)16-7-5-4-6-8-16/h4-10,13-14,17H,3,11-12H2,1-2H3. The Hall–Kier alpha value is -3.81. The van der Waals surface area contributed by atoms with E-state index in [4.69, 9.17) is 0 Å². The van der Waals surface area contributed by atoms with Gasteiger partial charge in [0.25, 0.3) is 5.91 Å². The second-order valence-corrected chi connectivity index (χ2v) is 7.80. The Kier molecular flexibility index (Phi) is 4.62. The van der Waals surface area contributed by atoms with E-state index in [1.807, 2.05) is 54.9 Å². The van der Waals surface area contributed by atoms with Crippen LogP contribution in [0.2, 0.25) is 0 Å². The molecule has 4 aromatic rings. The van der Waals surface area contributed by atoms with Crippen LogP contribution >= 0.6 is 0 Å². The highest BCUT2D eigenvalue weighted by Gasteiger charge is 2.34. The Morgan fingerprint density at radius 1 is 1.10 bits per heavy atom. The van der Waals surface area contributed by atoms with Gasteiger partial charge >= 0.3 is 0 Å². The van der Waals surface area contributed by atoms with E-state index in [9.17, 15) is 9.59 Å². The van der Waals surface area contributed by atoms with Crippen LogP contribution in [-0.2, 0) is 6.54 Å². The second-order valence-electron chi connectivity index (χ2n) is 7.80. The summed E-state index contributed by atoms with van der Waals surface area (Å²) in [6.45, 7) is 5.46. The molecule has 1 aliphatic rings. The fourth-order valence-corrected chi connectivity index (χ4v) is 3.91. The number of carbonyl (C=O) groups excluding carboxylic acids is 1. The molecule has 0 bridgehead atoms. The maximum atomic E-state index is 13.1. The Bertz CT molecular complexity index is 1340. The molecule has 1 fully saturated rings. The number of pyridine rings is 2. The first-order valence-corrected chi connectivity index (χ1v) is 10.3. The molecule has 156 valence electrons. The number of rotatable bonds is 4. The number of nitrogens with zero attached hydrogens (tertiary/aromatic N) is 6. The summed E-state index contributed by atoms with van der Waals surface area (Å²) in [5, 5.41) is 8.95. The van der Waals surface area contributed by atoms with E-state index in [0.29, 0.717) is 30.7 Å². The lowest BCUT2D eigenvalue weighted by Crippen LogP contribution is -2.51. The smallest absolute Gasteiger partial charge is 0.259 e. The predicted octanol–water partition coefficient (Wildman–Crippen LogP) is 2.68. The molecular formula is C23H22N6O2. The van der Waals surface area contributed by atoms with Gasteiger partial charge in [0.1, 0.15) is 16.9 Å². The molecule has 3 aromatic heterocycles. The fraction of sp³-hybridized carbons (Fsp3) is 0.261. The lowest BCUT2D eigenvalue weighted by atomic mass is 10.1. The van der Waals surface area contributed by atoms with Gasteiger partial charge in [-0.2, -0.15) is 0 Å². The zero-order valence-electron chi connectivity index (χ0n) is 17.4. The van der Waals surface area contributed by atoms with Gasteiger partial charge in [0, 0.05) is 37.1 Å². The van der Waals surface area contributed by atoms with Crippen LogP contribution in [0.5, 0.6) is 0 Å². The Balaban J connectivity index is 1.37. The van der Waals surface area contributed by atoms with E-state index in [1.165, 1.54) is 0 Å². The number of carbonyl (C=O) groups is 1. The molecular weight excluding hydrogens is 392 g/mol. The van der Waals surface area contributed by atoms with Gasteiger partial charge in [0.05, 0.1) is 17.6 Å². The van der Waals surface area contributed by atoms with Gasteiger partial charge in [-0.1, -0.05) is 35.5 Å². The molecule has 0 unspecified atom stereocenters. The number of benzene rings is 1. The molecule has 1 amide bonds. The minimum atomic E-state index is -0.271. The second kappa shape index (κ2) is 7.46. The first-order chi connectivity index (χ1) is 15.0. The van der Waals surface area contributed by atoms with Crippen LogP contribution in [0, 0.1) is 6.92 Å². The average Bonchev–Trinajstić information content (AvgIpc) is 3.23. The number of amides is 1. The van der Waals surface area contributed by atoms with Gasteiger partial charge in [-0.25, -0.2) is 9.67 Å². The van der Waals surface area contributed by atoms with Gasteiger partial charge in [-0.05, 0) is 26.0 Å². The predicted molar refractivity (Wildman–Crippen MR) is 117 cm³/mol. The molecule has 8 nitrogen and oxygen atoms in total. The first kappa shape index (κ1) is 19.2. The molecule has 0 saturated carbocycles. The van der Waals surface area contributed by atoms with Crippen LogP contribution in [0.1, 0.15) is 29.0 Å². The number of likely N-dealkylation sites (tertiary alicyclic amines) is 1. The molecule has 8 heteroatoms. The van der Waals surface area contributed by atoms with Gasteiger partial charge in [-0.3, -0.25) is 9.59 Å². The van der Waals surface area contributed by atoms with E-state index >= 15 is 0 Å². The molecule has 5 rings (SSSR count). The number of aromatic nitrogens is 5. The topological polar surface area (TPSA) is 85.9 Å². The van der Waals surface area contributed by atoms with Crippen molar-refractivity contribution in [3.05, 3.63) is 76.3 Å². The molecule has 1 saturated heterocycles. The van der Waals surface area contributed by atoms with Crippen LogP contribution in [-0.4, -0.2) is 48.4 Å². The third kappa shape index (κ3) is 3.30. The Morgan fingerprint density at radius 3 is 2.61 bits per heavy atom. The third-order valence-corrected chi connectivity index (χ3v) is 5.74. The summed E-state index contributed by atoms with van der Waals surface area (Å²) in [6, 6.07) is 13.4. The van der Waals surface area contributed by atoms with Crippen molar-refractivity contribution in [3.63, 3.8) is 0 Å². The highest BCUT2D eigenvalue weighted by molar-refractivity contribution is 5.97. The normalized spacial score (nSPS) is 14.1. The van der Waals surface area contributed by atoms with Crippen molar-refractivity contribution >= 4 is 16.9 Å². The Labute approximate surface area is 178 Å². The molecule has 0 N–H and O–H groups in total. The van der Waals surface area contributed by atoms with Crippen molar-refractivity contribution in [3.8, 4) is 11.3 Å². The van der Waals surface area contributed by atoms with Gasteiger partial charge in [0.15, 0.2) is 0 Å². The van der Waals surface area contributed by atoms with Gasteiger partial charge in [0.2, 0.25) is 5.43 Å². The van der Waals surface area contributed by atoms with Gasteiger partial charge in [-0.15, -0.1) is 5.10 Å². The van der Waals surface area contributed by atoms with Crippen LogP contribution in [0.3, 0.4) is 0 Å². The maximum Gasteiger partial charge on any atom is 0.259 e. The summed E-state index contributed by atoms with van der Waals surface area (Å²) in [5.74, 6) is -0.255. The van der Waals surface area contributed by atoms with Crippen molar-refractivity contribution < 1.29 is 4.79 Å². The number of fused-ring (bicyclic) bond motifs is 1. The van der Waals surface area contributed by atoms with Crippen molar-refractivity contribution in [2.45, 2.75) is 26.4 Å². The van der Waals surface area contributed by atoms with Crippen molar-refractivity contribution in [2.75, 3.05) is 13.1 Å². The van der Waals surface area contributed by atoms with E-state index < -0.39 is 0 Å². The molecule has 0 radical (unpaired) electrons. The first-order valence-electron chi connectivity index (χ1n) is 10.3. The average molecular weight is 414 g/mol. The van der Waals surface area contributed by atoms with Gasteiger partial charge < -0.3 is 9.47 Å². The summed E-state index contributed by atoms with van der Waals surface area (Å²) < 4.78 is 3.65. The number of hydrogen-bond donors (Lipinski definition) is 0. The minimum absolute atomic E-state index is 0.0482. The lowest BCUT2D eigenvalue weighted by Gasteiger charge is -2.38. The SMILES string of the molecule is CCn1cc(C(=O)N2CC(n3cc(-c4ccccc4)nn3)C2)c(=O)c2ccc(C)nc21. The van der Waals surface area contributed by atoms with Crippen molar-refractivity contribution in [1.82, 2.24) is 29.4 Å². The highest BCUT2D eigenvalue weighted by Crippen LogP contribution is 2.24. The molecule has 4 heterocycles. The number of aryl methyl sites for hydroxylation is 2. The van der Waals surface area contributed by atoms with Crippen molar-refractivity contribution in [1.29, 1.82) is 0 Å². The highest BCUT2D eigenvalue weighted by atomic mass is 16.2. The fourth-order valence-electron chi connectivity index (χ4n) is 3.91. The summed E-state index contributed by atoms with van der Waals surface area (Å²) in [4.78, 5) is 32.2. The molecule has 1 aliphatic heterocycles. The zero-order chi connectivity index (χ0) is 21.5. The lowest BCUT2D eigenvalue weighted by molar-refractivity contribution is 0.0496. The van der Waals surface area contributed by atoms with Crippen LogP contribution in [0.25, 0.3) is 22.3 Å². The number of hydrogen-bond acceptors (Lipinski definition) is 5. The van der Waals surface area contributed by atoms with E-state index in [0.717, 1.165) is 17.0 Å². The zero-order valence-corrected chi connectivity index (χ0v) is 17.4. The van der Waals surface area contributed by atoms with E-state index in [1.54, 1.807) is 27.9 Å². The Morgan fingerprint density at radius 2 is 1.87 bits per heavy atom. The molecule has 0 spiro atoms. The summed E-state index contributed by atoms with van der Waals surface area (Å²) in [5.41, 5.74) is 3.16. The monoisotopic (exact) mass is 414 g/mol. The third-order valence-electron chi connectivity index (χ3n) is 5.74. The largest absolute Gasteiger partial charge is 0.334 e. The molecule has 31 heavy (non-hydrogen) atoms. The van der Waals surface area contributed by atoms with Crippen LogP contribution in [0.4, 0.5) is 0 Å². The molecule has 0 atom stereocenters. The molecule has 0 aliphatic carbocycles. The summed E-state index contributed by atoms with van der Waals surface area (Å²) in [7, 11) is 0.